The Morgan fingerprint density at radius 3 is 1.43 bits per heavy atom. The Labute approximate surface area is 60.6 Å². The molecular weight excluding hydrogens is 177 g/mol. The molecular formula is C4H11BrClN. The van der Waals surface area contributed by atoms with Gasteiger partial charge in [0, 0.05) is 0 Å². The van der Waals surface area contributed by atoms with Gasteiger partial charge in [0.05, 0.1) is 21.1 Å². The van der Waals surface area contributed by atoms with E-state index in [1.807, 2.05) is 21.1 Å². The van der Waals surface area contributed by atoms with Gasteiger partial charge in [0.2, 0.25) is 0 Å². The van der Waals surface area contributed by atoms with Crippen molar-refractivity contribution >= 4 is 11.6 Å². The first-order valence-electron chi connectivity index (χ1n) is 1.93. The molecule has 0 aliphatic heterocycles. The Bertz CT molecular complexity index is 41.4. The number of rotatable bonds is 1. The molecule has 7 heavy (non-hydrogen) atoms. The van der Waals surface area contributed by atoms with Crippen molar-refractivity contribution in [2.45, 2.75) is 0 Å². The van der Waals surface area contributed by atoms with Crippen LogP contribution in [0.4, 0.5) is 0 Å². The highest BCUT2D eigenvalue weighted by molar-refractivity contribution is 6.16. The first-order valence-corrected chi connectivity index (χ1v) is 2.46. The van der Waals surface area contributed by atoms with Gasteiger partial charge in [-0.25, -0.2) is 0 Å². The minimum Gasteiger partial charge on any atom is -1.00 e. The van der Waals surface area contributed by atoms with Crippen LogP contribution in [0.5, 0.6) is 0 Å². The van der Waals surface area contributed by atoms with Crippen LogP contribution < -0.4 is 17.0 Å². The van der Waals surface area contributed by atoms with E-state index in [9.17, 15) is 0 Å². The number of alkyl halides is 1. The van der Waals surface area contributed by atoms with Crippen LogP contribution in [0.1, 0.15) is 0 Å². The SMILES string of the molecule is C[N+](C)(C)CCl.[Br-]. The Balaban J connectivity index is 0. The summed E-state index contributed by atoms with van der Waals surface area (Å²) < 4.78 is 0.835. The summed E-state index contributed by atoms with van der Waals surface area (Å²) in [7, 11) is 6.15. The normalized spacial score (nSPS) is 10.3. The maximum atomic E-state index is 5.45. The molecule has 0 radical (unpaired) electrons. The molecule has 0 aliphatic rings. The lowest BCUT2D eigenvalue weighted by Crippen LogP contribution is -3.00. The van der Waals surface area contributed by atoms with Crippen molar-refractivity contribution in [1.82, 2.24) is 0 Å². The van der Waals surface area contributed by atoms with E-state index >= 15 is 0 Å². The van der Waals surface area contributed by atoms with E-state index in [1.165, 1.54) is 0 Å². The molecule has 0 rings (SSSR count). The molecule has 0 N–H and O–H groups in total. The summed E-state index contributed by atoms with van der Waals surface area (Å²) >= 11 is 5.45. The second-order valence-electron chi connectivity index (χ2n) is 2.41. The van der Waals surface area contributed by atoms with Crippen LogP contribution in [0.2, 0.25) is 0 Å². The third kappa shape index (κ3) is 10.8. The van der Waals surface area contributed by atoms with E-state index in [0.29, 0.717) is 6.00 Å². The summed E-state index contributed by atoms with van der Waals surface area (Å²) in [5.74, 6) is 0. The van der Waals surface area contributed by atoms with Gasteiger partial charge in [-0.05, 0) is 0 Å². The van der Waals surface area contributed by atoms with Crippen LogP contribution in [0.25, 0.3) is 0 Å². The molecule has 0 spiro atoms. The van der Waals surface area contributed by atoms with E-state index < -0.39 is 0 Å². The van der Waals surface area contributed by atoms with Gasteiger partial charge in [0.1, 0.15) is 0 Å². The molecule has 0 aromatic rings. The molecule has 0 amide bonds. The smallest absolute Gasteiger partial charge is 0.154 e. The average Bonchev–Trinajstić information content (AvgIpc) is 1.35. The summed E-state index contributed by atoms with van der Waals surface area (Å²) in [6.07, 6.45) is 0. The second kappa shape index (κ2) is 3.70. The van der Waals surface area contributed by atoms with Crippen molar-refractivity contribution < 1.29 is 21.5 Å². The summed E-state index contributed by atoms with van der Waals surface area (Å²) in [5.41, 5.74) is 0. The zero-order chi connectivity index (χ0) is 5.21. The first kappa shape index (κ1) is 10.7. The second-order valence-corrected chi connectivity index (χ2v) is 2.65. The van der Waals surface area contributed by atoms with E-state index in [-0.39, 0.29) is 17.0 Å². The Hall–Kier alpha value is 0.730. The van der Waals surface area contributed by atoms with Gasteiger partial charge in [-0.3, -0.25) is 0 Å². The highest BCUT2D eigenvalue weighted by Gasteiger charge is 1.99. The van der Waals surface area contributed by atoms with E-state index in [4.69, 9.17) is 11.6 Å². The molecule has 0 bridgehead atoms. The zero-order valence-corrected chi connectivity index (χ0v) is 7.25. The van der Waals surface area contributed by atoms with E-state index in [2.05, 4.69) is 0 Å². The lowest BCUT2D eigenvalue weighted by molar-refractivity contribution is -0.858. The third-order valence-electron chi connectivity index (χ3n) is 0.359. The quantitative estimate of drug-likeness (QED) is 0.251. The van der Waals surface area contributed by atoms with Crippen molar-refractivity contribution in [3.05, 3.63) is 0 Å². The van der Waals surface area contributed by atoms with Crippen molar-refractivity contribution in [1.29, 1.82) is 0 Å². The number of nitrogens with zero attached hydrogens (tertiary/aromatic N) is 1. The third-order valence-corrected chi connectivity index (χ3v) is 1.08. The van der Waals surface area contributed by atoms with Gasteiger partial charge >= 0.3 is 0 Å². The van der Waals surface area contributed by atoms with Crippen LogP contribution in [0.15, 0.2) is 0 Å². The molecule has 0 heterocycles. The Morgan fingerprint density at radius 1 is 1.29 bits per heavy atom. The first-order chi connectivity index (χ1) is 2.56. The molecule has 0 atom stereocenters. The van der Waals surface area contributed by atoms with Crippen molar-refractivity contribution in [2.24, 2.45) is 0 Å². The molecule has 46 valence electrons. The van der Waals surface area contributed by atoms with Crippen molar-refractivity contribution in [3.63, 3.8) is 0 Å². The maximum absolute atomic E-state index is 5.45. The number of halogens is 2. The Kier molecular flexibility index (Phi) is 5.63. The molecule has 0 saturated carbocycles. The van der Waals surface area contributed by atoms with Crippen molar-refractivity contribution in [3.8, 4) is 0 Å². The van der Waals surface area contributed by atoms with Gasteiger partial charge in [-0.15, -0.1) is 0 Å². The van der Waals surface area contributed by atoms with Gasteiger partial charge in [-0.2, -0.15) is 0 Å². The highest BCUT2D eigenvalue weighted by Crippen LogP contribution is 1.89. The lowest BCUT2D eigenvalue weighted by Gasteiger charge is -2.18. The fourth-order valence-corrected chi connectivity index (χ4v) is 0. The van der Waals surface area contributed by atoms with Crippen molar-refractivity contribution in [2.75, 3.05) is 27.1 Å². The topological polar surface area (TPSA) is 0 Å². The Morgan fingerprint density at radius 2 is 1.43 bits per heavy atom. The molecule has 0 aliphatic carbocycles. The standard InChI is InChI=1S/C4H11ClN.BrH/c1-6(2,3)4-5;/h4H2,1-3H3;1H/q+1;/p-1. The van der Waals surface area contributed by atoms with Gasteiger partial charge < -0.3 is 21.5 Å². The molecule has 0 saturated heterocycles. The number of hydrogen-bond donors (Lipinski definition) is 0. The van der Waals surface area contributed by atoms with E-state index in [0.717, 1.165) is 4.48 Å². The maximum Gasteiger partial charge on any atom is 0.154 e. The predicted molar refractivity (Wildman–Crippen MR) is 28.8 cm³/mol. The number of quaternary nitrogens is 1. The van der Waals surface area contributed by atoms with Gasteiger partial charge in [0.25, 0.3) is 0 Å². The van der Waals surface area contributed by atoms with Gasteiger partial charge in [-0.1, -0.05) is 11.6 Å². The largest absolute Gasteiger partial charge is 1.00 e. The summed E-state index contributed by atoms with van der Waals surface area (Å²) in [6, 6.07) is 0.681. The summed E-state index contributed by atoms with van der Waals surface area (Å²) in [6.45, 7) is 0. The average molecular weight is 188 g/mol. The molecule has 0 fully saturated rings. The zero-order valence-electron chi connectivity index (χ0n) is 4.91. The van der Waals surface area contributed by atoms with Crippen LogP contribution in [0, 0.1) is 0 Å². The molecule has 0 unspecified atom stereocenters. The lowest BCUT2D eigenvalue weighted by atomic mass is 10.8. The van der Waals surface area contributed by atoms with E-state index in [1.54, 1.807) is 0 Å². The van der Waals surface area contributed by atoms with Crippen LogP contribution in [-0.2, 0) is 0 Å². The fourth-order valence-electron chi connectivity index (χ4n) is 0. The molecule has 0 aromatic heterocycles. The minimum absolute atomic E-state index is 0. The van der Waals surface area contributed by atoms with Crippen LogP contribution in [-0.4, -0.2) is 31.6 Å². The van der Waals surface area contributed by atoms with Crippen LogP contribution >= 0.6 is 11.6 Å². The number of hydrogen-bond acceptors (Lipinski definition) is 0. The molecule has 1 nitrogen and oxygen atoms in total. The summed E-state index contributed by atoms with van der Waals surface area (Å²) in [5, 5.41) is 0. The minimum atomic E-state index is 0. The fraction of sp³-hybridized carbons (Fsp3) is 1.00. The van der Waals surface area contributed by atoms with Gasteiger partial charge in [0.15, 0.2) is 6.00 Å². The monoisotopic (exact) mass is 187 g/mol. The summed E-state index contributed by atoms with van der Waals surface area (Å²) in [4.78, 5) is 0. The van der Waals surface area contributed by atoms with Crippen LogP contribution in [0.3, 0.4) is 0 Å². The highest BCUT2D eigenvalue weighted by atomic mass is 79.9. The predicted octanol–water partition coefficient (Wildman–Crippen LogP) is -2.11. The molecule has 3 heteroatoms. The molecule has 0 aromatic carbocycles.